The maximum Gasteiger partial charge on any atom is 0.140 e. The summed E-state index contributed by atoms with van der Waals surface area (Å²) >= 11 is 0. The van der Waals surface area contributed by atoms with Gasteiger partial charge in [0.2, 0.25) is 0 Å². The quantitative estimate of drug-likeness (QED) is 0.585. The molecule has 0 radical (unpaired) electrons. The van der Waals surface area contributed by atoms with Gasteiger partial charge in [0.15, 0.2) is 0 Å². The molecule has 2 aromatic rings. The average molecular weight is 308 g/mol. The van der Waals surface area contributed by atoms with Gasteiger partial charge in [-0.15, -0.1) is 0 Å². The van der Waals surface area contributed by atoms with Gasteiger partial charge in [0.1, 0.15) is 18.4 Å². The number of benzene rings is 2. The van der Waals surface area contributed by atoms with E-state index >= 15 is 0 Å². The highest BCUT2D eigenvalue weighted by Crippen LogP contribution is 2.23. The van der Waals surface area contributed by atoms with Crippen LogP contribution in [0.5, 0.6) is 5.75 Å². The second-order valence-electron chi connectivity index (χ2n) is 6.92. The zero-order chi connectivity index (χ0) is 16.1. The Morgan fingerprint density at radius 3 is 2.22 bits per heavy atom. The van der Waals surface area contributed by atoms with Gasteiger partial charge in [-0.1, -0.05) is 54.6 Å². The van der Waals surface area contributed by atoms with Crippen molar-refractivity contribution in [3.63, 3.8) is 0 Å². The van der Waals surface area contributed by atoms with Crippen molar-refractivity contribution >= 4 is 12.2 Å². The fraction of sp³-hybridized carbons (Fsp3) is 0.333. The lowest BCUT2D eigenvalue weighted by Crippen LogP contribution is -2.46. The third-order valence-electron chi connectivity index (χ3n) is 4.85. The van der Waals surface area contributed by atoms with Crippen molar-refractivity contribution in [2.75, 3.05) is 27.2 Å². The smallest absolute Gasteiger partial charge is 0.140 e. The maximum atomic E-state index is 6.00. The van der Waals surface area contributed by atoms with E-state index in [2.05, 4.69) is 74.8 Å². The lowest BCUT2D eigenvalue weighted by Gasteiger charge is -2.31. The average Bonchev–Trinajstić information content (AvgIpc) is 2.91. The molecule has 2 nitrogen and oxygen atoms in total. The van der Waals surface area contributed by atoms with E-state index in [4.69, 9.17) is 4.74 Å². The number of nitrogens with zero attached hydrogens (tertiary/aromatic N) is 1. The molecule has 1 heterocycles. The first-order valence-corrected chi connectivity index (χ1v) is 8.42. The summed E-state index contributed by atoms with van der Waals surface area (Å²) in [5.74, 6) is 0.966. The van der Waals surface area contributed by atoms with Crippen molar-refractivity contribution in [2.45, 2.75) is 18.9 Å². The Labute approximate surface area is 139 Å². The van der Waals surface area contributed by atoms with Crippen molar-refractivity contribution in [3.05, 3.63) is 65.7 Å². The van der Waals surface area contributed by atoms with Gasteiger partial charge in [-0.3, -0.25) is 0 Å². The molecule has 1 aliphatic rings. The molecule has 0 N–H and O–H groups in total. The van der Waals surface area contributed by atoms with Gasteiger partial charge < -0.3 is 9.22 Å². The van der Waals surface area contributed by atoms with E-state index in [1.807, 2.05) is 6.07 Å². The van der Waals surface area contributed by atoms with Crippen LogP contribution in [0.15, 0.2) is 54.6 Å². The van der Waals surface area contributed by atoms with Crippen molar-refractivity contribution < 1.29 is 9.22 Å². The lowest BCUT2D eigenvalue weighted by molar-refractivity contribution is -0.902. The summed E-state index contributed by atoms with van der Waals surface area (Å²) in [6.45, 7) is 2.07. The molecular weight excluding hydrogens is 282 g/mol. The minimum atomic E-state index is 0.618. The van der Waals surface area contributed by atoms with Gasteiger partial charge in [-0.2, -0.15) is 0 Å². The fourth-order valence-corrected chi connectivity index (χ4v) is 3.18. The van der Waals surface area contributed by atoms with E-state index in [0.717, 1.165) is 16.8 Å². The highest BCUT2D eigenvalue weighted by atomic mass is 16.5. The maximum absolute atomic E-state index is 6.00. The fourth-order valence-electron chi connectivity index (χ4n) is 3.18. The molecule has 2 aromatic carbocycles. The van der Waals surface area contributed by atoms with Crippen LogP contribution in [0.2, 0.25) is 0 Å². The van der Waals surface area contributed by atoms with E-state index in [1.54, 1.807) is 0 Å². The van der Waals surface area contributed by atoms with E-state index in [0.29, 0.717) is 6.04 Å². The summed E-state index contributed by atoms with van der Waals surface area (Å²) in [7, 11) is 4.61. The van der Waals surface area contributed by atoms with Crippen LogP contribution in [0.1, 0.15) is 24.0 Å². The molecule has 1 atom stereocenters. The molecule has 0 spiro atoms. The number of hydrogen-bond acceptors (Lipinski definition) is 1. The minimum Gasteiger partial charge on any atom is -0.487 e. The number of likely N-dealkylation sites (tertiary alicyclic amines) is 1. The lowest BCUT2D eigenvalue weighted by atomic mass is 10.1. The highest BCUT2D eigenvalue weighted by Gasteiger charge is 2.34. The molecule has 0 unspecified atom stereocenters. The van der Waals surface area contributed by atoms with Crippen molar-refractivity contribution in [1.29, 1.82) is 0 Å². The predicted octanol–water partition coefficient (Wildman–Crippen LogP) is 4.47. The summed E-state index contributed by atoms with van der Waals surface area (Å²) in [6, 6.07) is 19.3. The number of likely N-dealkylation sites (N-methyl/N-ethyl adjacent to an activating group) is 1. The first-order chi connectivity index (χ1) is 11.1. The number of quaternary nitrogens is 1. The van der Waals surface area contributed by atoms with Gasteiger partial charge >= 0.3 is 0 Å². The van der Waals surface area contributed by atoms with E-state index < -0.39 is 0 Å². The molecule has 1 aliphatic heterocycles. The molecule has 0 bridgehead atoms. The molecule has 1 fully saturated rings. The zero-order valence-corrected chi connectivity index (χ0v) is 14.1. The Balaban J connectivity index is 1.56. The van der Waals surface area contributed by atoms with Crippen LogP contribution >= 0.6 is 0 Å². The normalized spacial score (nSPS) is 20.0. The number of hydrogen-bond donors (Lipinski definition) is 0. The molecule has 0 aliphatic carbocycles. The van der Waals surface area contributed by atoms with Crippen LogP contribution < -0.4 is 4.74 Å². The summed E-state index contributed by atoms with van der Waals surface area (Å²) in [5.41, 5.74) is 2.41. The van der Waals surface area contributed by atoms with Gasteiger partial charge in [-0.05, 0) is 23.3 Å². The summed E-state index contributed by atoms with van der Waals surface area (Å²) in [6.07, 6.45) is 6.85. The summed E-state index contributed by atoms with van der Waals surface area (Å²) in [4.78, 5) is 0. The standard InChI is InChI=1S/C21H26NO/c1-22(2)16-6-9-20(22)17-23-21-14-12-19(13-15-21)11-10-18-7-4-3-5-8-18/h3-5,7-8,10-15,20H,6,9,16-17H2,1-2H3/q+1/b11-10+/t20-/m1/s1. The van der Waals surface area contributed by atoms with Crippen molar-refractivity contribution in [2.24, 2.45) is 0 Å². The van der Waals surface area contributed by atoms with Gasteiger partial charge in [-0.25, -0.2) is 0 Å². The number of ether oxygens (including phenoxy) is 1. The Bertz CT molecular complexity index is 643. The SMILES string of the molecule is C[N+]1(C)CCC[C@@H]1COc1ccc(/C=C/c2ccccc2)cc1. The van der Waals surface area contributed by atoms with Gasteiger partial charge in [0, 0.05) is 12.8 Å². The Morgan fingerprint density at radius 1 is 0.957 bits per heavy atom. The monoisotopic (exact) mass is 308 g/mol. The molecule has 120 valence electrons. The van der Waals surface area contributed by atoms with Crippen LogP contribution in [0.25, 0.3) is 12.2 Å². The molecule has 2 heteroatoms. The van der Waals surface area contributed by atoms with E-state index in [9.17, 15) is 0 Å². The Morgan fingerprint density at radius 2 is 1.61 bits per heavy atom. The molecule has 23 heavy (non-hydrogen) atoms. The second-order valence-corrected chi connectivity index (χ2v) is 6.92. The molecule has 3 rings (SSSR count). The van der Waals surface area contributed by atoms with Gasteiger partial charge in [0.25, 0.3) is 0 Å². The van der Waals surface area contributed by atoms with Gasteiger partial charge in [0.05, 0.1) is 20.6 Å². The van der Waals surface area contributed by atoms with Crippen molar-refractivity contribution in [3.8, 4) is 5.75 Å². The van der Waals surface area contributed by atoms with Crippen LogP contribution in [-0.2, 0) is 0 Å². The summed E-state index contributed by atoms with van der Waals surface area (Å²) in [5, 5.41) is 0. The van der Waals surface area contributed by atoms with Crippen LogP contribution in [0.4, 0.5) is 0 Å². The van der Waals surface area contributed by atoms with Crippen LogP contribution in [0, 0.1) is 0 Å². The topological polar surface area (TPSA) is 9.23 Å². The number of rotatable bonds is 5. The minimum absolute atomic E-state index is 0.618. The predicted molar refractivity (Wildman–Crippen MR) is 97.3 cm³/mol. The van der Waals surface area contributed by atoms with Crippen LogP contribution in [-0.4, -0.2) is 37.8 Å². The third-order valence-corrected chi connectivity index (χ3v) is 4.85. The summed E-state index contributed by atoms with van der Waals surface area (Å²) < 4.78 is 7.08. The molecular formula is C21H26NO+. The zero-order valence-electron chi connectivity index (χ0n) is 14.1. The third kappa shape index (κ3) is 4.23. The van der Waals surface area contributed by atoms with E-state index in [-0.39, 0.29) is 0 Å². The van der Waals surface area contributed by atoms with E-state index in [1.165, 1.54) is 30.5 Å². The first-order valence-electron chi connectivity index (χ1n) is 8.42. The Kier molecular flexibility index (Phi) is 4.82. The molecule has 0 aromatic heterocycles. The molecule has 0 saturated carbocycles. The first kappa shape index (κ1) is 15.8. The highest BCUT2D eigenvalue weighted by molar-refractivity contribution is 5.69. The van der Waals surface area contributed by atoms with Crippen LogP contribution in [0.3, 0.4) is 0 Å². The molecule has 1 saturated heterocycles. The Hall–Kier alpha value is -2.06. The van der Waals surface area contributed by atoms with Crippen molar-refractivity contribution in [1.82, 2.24) is 0 Å². The largest absolute Gasteiger partial charge is 0.487 e. The molecule has 0 amide bonds. The second kappa shape index (κ2) is 7.01.